The molecule has 5 aromatic rings. The molecule has 2 fully saturated rings. The van der Waals surface area contributed by atoms with Crippen molar-refractivity contribution in [3.63, 3.8) is 0 Å². The maximum Gasteiger partial charge on any atom is 0.387 e. The highest BCUT2D eigenvalue weighted by Gasteiger charge is 2.26. The number of carbonyl (C=O) groups excluding carboxylic acids is 1. The van der Waals surface area contributed by atoms with E-state index in [0.29, 0.717) is 42.5 Å². The molecule has 0 aliphatic carbocycles. The molecule has 1 unspecified atom stereocenters. The number of alkyl halides is 2. The Morgan fingerprint density at radius 2 is 2.09 bits per heavy atom. The van der Waals surface area contributed by atoms with Crippen molar-refractivity contribution in [3.8, 4) is 28.5 Å². The van der Waals surface area contributed by atoms with Crippen molar-refractivity contribution in [2.24, 2.45) is 0 Å². The zero-order valence-electron chi connectivity index (χ0n) is 25.7. The topological polar surface area (TPSA) is 120 Å². The number of morpholine rings is 1. The quantitative estimate of drug-likeness (QED) is 0.217. The molecule has 0 spiro atoms. The van der Waals surface area contributed by atoms with E-state index in [9.17, 15) is 13.6 Å². The van der Waals surface area contributed by atoms with E-state index in [-0.39, 0.29) is 34.7 Å². The molecule has 7 rings (SSSR count). The van der Waals surface area contributed by atoms with Gasteiger partial charge in [-0.1, -0.05) is 12.1 Å². The van der Waals surface area contributed by atoms with Crippen molar-refractivity contribution in [3.05, 3.63) is 84.4 Å². The van der Waals surface area contributed by atoms with Crippen LogP contribution in [0.1, 0.15) is 34.9 Å². The number of likely N-dealkylation sites (tertiary alicyclic amines) is 1. The number of fused-ring (bicyclic) bond motifs is 1. The van der Waals surface area contributed by atoms with Gasteiger partial charge >= 0.3 is 6.61 Å². The Kier molecular flexibility index (Phi) is 8.78. The molecule has 2 atom stereocenters. The predicted molar refractivity (Wildman–Crippen MR) is 169 cm³/mol. The van der Waals surface area contributed by atoms with Crippen LogP contribution in [-0.4, -0.2) is 81.1 Å². The molecule has 12 nitrogen and oxygen atoms in total. The molecule has 0 saturated carbocycles. The van der Waals surface area contributed by atoms with E-state index in [1.54, 1.807) is 41.5 Å². The Balaban J connectivity index is 1.25. The third-order valence-corrected chi connectivity index (χ3v) is 8.42. The first kappa shape index (κ1) is 30.7. The lowest BCUT2D eigenvalue weighted by Gasteiger charge is -2.24. The van der Waals surface area contributed by atoms with Crippen molar-refractivity contribution >= 4 is 17.2 Å². The van der Waals surface area contributed by atoms with Gasteiger partial charge in [0.15, 0.2) is 5.65 Å². The van der Waals surface area contributed by atoms with Gasteiger partial charge in [-0.2, -0.15) is 19.0 Å². The average Bonchev–Trinajstić information content (AvgIpc) is 3.81. The van der Waals surface area contributed by atoms with Gasteiger partial charge in [-0.05, 0) is 68.4 Å². The first-order chi connectivity index (χ1) is 22.9. The summed E-state index contributed by atoms with van der Waals surface area (Å²) in [5, 5.41) is 15.3. The number of hydrogen-bond donors (Lipinski definition) is 2. The van der Waals surface area contributed by atoms with Crippen LogP contribution >= 0.6 is 0 Å². The van der Waals surface area contributed by atoms with Crippen molar-refractivity contribution < 1.29 is 27.8 Å². The monoisotopic (exact) mass is 644 g/mol. The number of benzene rings is 2. The fraction of sp³-hybridized carbons (Fsp3) is 0.333. The number of nitrogens with zero attached hydrogens (tertiary/aromatic N) is 6. The number of carbonyl (C=O) groups is 1. The lowest BCUT2D eigenvalue weighted by atomic mass is 10.1. The van der Waals surface area contributed by atoms with E-state index in [1.807, 2.05) is 24.3 Å². The van der Waals surface area contributed by atoms with E-state index in [2.05, 4.69) is 32.7 Å². The Morgan fingerprint density at radius 1 is 1.19 bits per heavy atom. The summed E-state index contributed by atoms with van der Waals surface area (Å²) < 4.78 is 47.6. The van der Waals surface area contributed by atoms with Gasteiger partial charge in [0.1, 0.15) is 28.5 Å². The number of rotatable bonds is 10. The van der Waals surface area contributed by atoms with E-state index < -0.39 is 12.5 Å². The maximum absolute atomic E-state index is 13.7. The van der Waals surface area contributed by atoms with Crippen LogP contribution in [0.2, 0.25) is 0 Å². The van der Waals surface area contributed by atoms with Gasteiger partial charge in [-0.3, -0.25) is 9.48 Å². The summed E-state index contributed by atoms with van der Waals surface area (Å²) in [6.45, 7) is 0.532. The van der Waals surface area contributed by atoms with Crippen LogP contribution in [0, 0.1) is 0 Å². The highest BCUT2D eigenvalue weighted by atomic mass is 19.3. The van der Waals surface area contributed by atoms with Gasteiger partial charge < -0.3 is 29.7 Å². The lowest BCUT2D eigenvalue weighted by Crippen LogP contribution is -2.33. The molecule has 2 aliphatic rings. The zero-order valence-corrected chi connectivity index (χ0v) is 25.7. The van der Waals surface area contributed by atoms with E-state index in [0.717, 1.165) is 31.5 Å². The van der Waals surface area contributed by atoms with E-state index >= 15 is 0 Å². The average molecular weight is 645 g/mol. The number of halogens is 2. The van der Waals surface area contributed by atoms with Gasteiger partial charge in [-0.25, -0.2) is 9.50 Å². The van der Waals surface area contributed by atoms with Crippen molar-refractivity contribution in [2.45, 2.75) is 38.1 Å². The molecular formula is C33H34F2N8O4. The molecule has 47 heavy (non-hydrogen) atoms. The molecule has 2 N–H and O–H groups in total. The fourth-order valence-corrected chi connectivity index (χ4v) is 6.06. The smallest absolute Gasteiger partial charge is 0.387 e. The molecular weight excluding hydrogens is 610 g/mol. The van der Waals surface area contributed by atoms with Crippen LogP contribution in [0.5, 0.6) is 17.2 Å². The van der Waals surface area contributed by atoms with Crippen LogP contribution in [-0.2, 0) is 11.3 Å². The van der Waals surface area contributed by atoms with Crippen LogP contribution in [0.4, 0.5) is 14.5 Å². The summed E-state index contributed by atoms with van der Waals surface area (Å²) in [5.41, 5.74) is 2.37. The minimum Gasteiger partial charge on any atom is -0.457 e. The van der Waals surface area contributed by atoms with Crippen molar-refractivity contribution in [1.29, 1.82) is 0 Å². The molecule has 2 aliphatic heterocycles. The summed E-state index contributed by atoms with van der Waals surface area (Å²) in [6, 6.07) is 14.1. The number of hydrogen-bond acceptors (Lipinski definition) is 9. The largest absolute Gasteiger partial charge is 0.457 e. The normalized spacial score (nSPS) is 18.6. The number of anilines is 1. The summed E-state index contributed by atoms with van der Waals surface area (Å²) in [4.78, 5) is 20.1. The fourth-order valence-electron chi connectivity index (χ4n) is 6.06. The molecule has 1 amide bonds. The van der Waals surface area contributed by atoms with Crippen LogP contribution < -0.4 is 20.1 Å². The predicted octanol–water partition coefficient (Wildman–Crippen LogP) is 4.99. The molecule has 14 heteroatoms. The molecule has 0 radical (unpaired) electrons. The molecule has 0 bridgehead atoms. The Labute approximate surface area is 269 Å². The second-order valence-electron chi connectivity index (χ2n) is 11.6. The number of nitrogens with one attached hydrogen (secondary N) is 2. The van der Waals surface area contributed by atoms with Gasteiger partial charge in [0.05, 0.1) is 36.7 Å². The van der Waals surface area contributed by atoms with Crippen molar-refractivity contribution in [1.82, 2.24) is 34.6 Å². The Morgan fingerprint density at radius 3 is 2.89 bits per heavy atom. The van der Waals surface area contributed by atoms with Crippen LogP contribution in [0.3, 0.4) is 0 Å². The highest BCUT2D eigenvalue weighted by Crippen LogP contribution is 2.39. The molecule has 244 valence electrons. The third kappa shape index (κ3) is 6.80. The van der Waals surface area contributed by atoms with E-state index in [1.165, 1.54) is 16.8 Å². The second-order valence-corrected chi connectivity index (χ2v) is 11.6. The SMILES string of the molecule is CN1CCC[C@@H]1Cn1cc(NC(=O)c2cnn3cccnc23)c(-c2cc(Oc3cccc(C4CNCCO4)c3)ccc2OC(F)F)n1. The number of aromatic nitrogens is 5. The summed E-state index contributed by atoms with van der Waals surface area (Å²) in [5.74, 6) is 0.335. The minimum absolute atomic E-state index is 0.109. The summed E-state index contributed by atoms with van der Waals surface area (Å²) in [7, 11) is 2.06. The number of amides is 1. The second kappa shape index (κ2) is 13.4. The highest BCUT2D eigenvalue weighted by molar-refractivity contribution is 6.09. The van der Waals surface area contributed by atoms with Gasteiger partial charge in [0.25, 0.3) is 5.91 Å². The Bertz CT molecular complexity index is 1870. The third-order valence-electron chi connectivity index (χ3n) is 8.42. The lowest BCUT2D eigenvalue weighted by molar-refractivity contribution is -0.0494. The summed E-state index contributed by atoms with van der Waals surface area (Å²) in [6.07, 6.45) is 8.35. The Hall–Kier alpha value is -4.92. The standard InChI is InChI=1S/C33H34F2N8O4/c1-41-12-3-6-22(41)19-42-20-27(39-32(44)26-17-38-43-13-4-10-37-31(26)43)30(40-42)25-16-24(8-9-28(25)47-33(34)35)46-23-7-2-5-21(15-23)29-18-36-11-14-45-29/h2,4-5,7-10,13,15-17,20,22,29,33,36H,3,6,11-12,14,18-19H2,1H3,(H,39,44)/t22-,29?/m1/s1. The van der Waals surface area contributed by atoms with Gasteiger partial charge in [0, 0.05) is 37.7 Å². The summed E-state index contributed by atoms with van der Waals surface area (Å²) >= 11 is 0. The molecule has 3 aromatic heterocycles. The van der Waals surface area contributed by atoms with Crippen LogP contribution in [0.25, 0.3) is 16.9 Å². The molecule has 2 saturated heterocycles. The molecule has 2 aromatic carbocycles. The number of ether oxygens (including phenoxy) is 3. The van der Waals surface area contributed by atoms with Gasteiger partial charge in [0.2, 0.25) is 0 Å². The molecule has 5 heterocycles. The van der Waals surface area contributed by atoms with E-state index in [4.69, 9.17) is 19.3 Å². The minimum atomic E-state index is -3.08. The first-order valence-corrected chi connectivity index (χ1v) is 15.5. The number of likely N-dealkylation sites (N-methyl/N-ethyl adjacent to an activating group) is 1. The maximum atomic E-state index is 13.7. The van der Waals surface area contributed by atoms with Crippen molar-refractivity contribution in [2.75, 3.05) is 38.6 Å². The first-order valence-electron chi connectivity index (χ1n) is 15.5. The van der Waals surface area contributed by atoms with Gasteiger partial charge in [-0.15, -0.1) is 0 Å². The zero-order chi connectivity index (χ0) is 32.3. The van der Waals surface area contributed by atoms with Crippen LogP contribution in [0.15, 0.2) is 73.3 Å².